The van der Waals surface area contributed by atoms with Gasteiger partial charge in [0.15, 0.2) is 12.6 Å². The van der Waals surface area contributed by atoms with Gasteiger partial charge in [-0.15, -0.1) is 24.0 Å². The van der Waals surface area contributed by atoms with Crippen LogP contribution in [0.15, 0.2) is 23.3 Å². The maximum absolute atomic E-state index is 12.2. The van der Waals surface area contributed by atoms with E-state index < -0.39 is 12.8 Å². The number of pyridine rings is 1. The summed E-state index contributed by atoms with van der Waals surface area (Å²) in [6.45, 7) is 6.13. The Kier molecular flexibility index (Phi) is 12.5. The third-order valence-corrected chi connectivity index (χ3v) is 5.22. The van der Waals surface area contributed by atoms with Crippen LogP contribution in [0.1, 0.15) is 51.5 Å². The highest BCUT2D eigenvalue weighted by atomic mass is 127. The third kappa shape index (κ3) is 10.7. The fourth-order valence-corrected chi connectivity index (χ4v) is 3.60. The molecule has 10 heteroatoms. The van der Waals surface area contributed by atoms with Gasteiger partial charge in [0.05, 0.1) is 6.54 Å². The summed E-state index contributed by atoms with van der Waals surface area (Å²) in [5, 5.41) is 6.71. The van der Waals surface area contributed by atoms with Crippen molar-refractivity contribution >= 4 is 29.9 Å². The van der Waals surface area contributed by atoms with Crippen molar-refractivity contribution < 1.29 is 22.6 Å². The molecule has 0 bridgehead atoms. The Morgan fingerprint density at radius 2 is 1.94 bits per heavy atom. The molecule has 1 aromatic rings. The molecule has 1 fully saturated rings. The van der Waals surface area contributed by atoms with Crippen molar-refractivity contribution in [1.29, 1.82) is 0 Å². The molecule has 0 aromatic carbocycles. The number of hydrogen-bond acceptors (Lipinski definition) is 4. The molecule has 2 rings (SSSR count). The summed E-state index contributed by atoms with van der Waals surface area (Å²) in [7, 11) is 0. The van der Waals surface area contributed by atoms with Crippen molar-refractivity contribution in [2.75, 3.05) is 32.9 Å². The lowest BCUT2D eigenvalue weighted by Gasteiger charge is -2.30. The van der Waals surface area contributed by atoms with Crippen LogP contribution >= 0.6 is 24.0 Å². The molecule has 178 valence electrons. The summed E-state index contributed by atoms with van der Waals surface area (Å²) < 4.78 is 46.8. The summed E-state index contributed by atoms with van der Waals surface area (Å²) >= 11 is 0. The second-order valence-corrected chi connectivity index (χ2v) is 7.61. The molecule has 1 aromatic heterocycles. The number of halogens is 4. The fraction of sp³-hybridized carbons (Fsp3) is 0.714. The van der Waals surface area contributed by atoms with Crippen molar-refractivity contribution in [2.24, 2.45) is 10.4 Å². The van der Waals surface area contributed by atoms with Gasteiger partial charge < -0.3 is 20.1 Å². The molecule has 0 spiro atoms. The number of nitrogens with zero attached hydrogens (tertiary/aromatic N) is 2. The standard InChI is InChI=1S/C21H33F3N4O2.HI/c1-3-25-19(28-15-20(9-5-6-10-20)11-12-29-4-2)27-14-17-7-8-18(26-13-17)30-16-21(22,23)24;/h7-8,13H,3-6,9-12,14-16H2,1-2H3,(H2,25,27,28);1H. The quantitative estimate of drug-likeness (QED) is 0.179. The SMILES string of the molecule is CCNC(=NCc1ccc(OCC(F)(F)F)nc1)NCC1(CCOCC)CCCC1.I. The van der Waals surface area contributed by atoms with Crippen LogP contribution in [0.4, 0.5) is 13.2 Å². The fourth-order valence-electron chi connectivity index (χ4n) is 3.60. The third-order valence-electron chi connectivity index (χ3n) is 5.22. The summed E-state index contributed by atoms with van der Waals surface area (Å²) in [6.07, 6.45) is 3.02. The maximum Gasteiger partial charge on any atom is 0.422 e. The van der Waals surface area contributed by atoms with Gasteiger partial charge in [0.2, 0.25) is 5.88 Å². The largest absolute Gasteiger partial charge is 0.468 e. The minimum absolute atomic E-state index is 0. The number of alkyl halides is 3. The first kappa shape index (κ1) is 27.7. The highest BCUT2D eigenvalue weighted by Gasteiger charge is 2.33. The molecule has 0 aliphatic heterocycles. The lowest BCUT2D eigenvalue weighted by Crippen LogP contribution is -2.43. The molecule has 1 aliphatic rings. The Hall–Kier alpha value is -1.30. The van der Waals surface area contributed by atoms with Crippen molar-refractivity contribution in [2.45, 2.75) is 58.7 Å². The molecule has 0 radical (unpaired) electrons. The molecule has 1 saturated carbocycles. The van der Waals surface area contributed by atoms with E-state index in [9.17, 15) is 13.2 Å². The summed E-state index contributed by atoms with van der Waals surface area (Å²) in [6, 6.07) is 3.10. The highest BCUT2D eigenvalue weighted by Crippen LogP contribution is 2.40. The van der Waals surface area contributed by atoms with Gasteiger partial charge in [-0.25, -0.2) is 9.98 Å². The molecule has 1 heterocycles. The molecular formula is C21H34F3IN4O2. The first-order valence-electron chi connectivity index (χ1n) is 10.6. The van der Waals surface area contributed by atoms with Gasteiger partial charge in [-0.05, 0) is 44.1 Å². The Labute approximate surface area is 199 Å². The van der Waals surface area contributed by atoms with Gasteiger partial charge in [-0.3, -0.25) is 0 Å². The van der Waals surface area contributed by atoms with Crippen LogP contribution in [0, 0.1) is 5.41 Å². The molecule has 0 unspecified atom stereocenters. The molecular weight excluding hydrogens is 524 g/mol. The average molecular weight is 558 g/mol. The molecule has 0 saturated heterocycles. The summed E-state index contributed by atoms with van der Waals surface area (Å²) in [5.74, 6) is 0.667. The smallest absolute Gasteiger partial charge is 0.422 e. The minimum atomic E-state index is -4.38. The van der Waals surface area contributed by atoms with Crippen LogP contribution in [-0.4, -0.2) is 50.0 Å². The summed E-state index contributed by atoms with van der Waals surface area (Å²) in [5.41, 5.74) is 1.03. The number of hydrogen-bond donors (Lipinski definition) is 2. The van der Waals surface area contributed by atoms with E-state index in [1.165, 1.54) is 37.9 Å². The lowest BCUT2D eigenvalue weighted by molar-refractivity contribution is -0.154. The van der Waals surface area contributed by atoms with E-state index in [1.807, 2.05) is 13.8 Å². The van der Waals surface area contributed by atoms with E-state index in [0.717, 1.165) is 44.2 Å². The van der Waals surface area contributed by atoms with Gasteiger partial charge in [-0.2, -0.15) is 13.2 Å². The normalized spacial score (nSPS) is 16.0. The first-order chi connectivity index (χ1) is 14.4. The van der Waals surface area contributed by atoms with Gasteiger partial charge in [0.25, 0.3) is 0 Å². The van der Waals surface area contributed by atoms with Crippen molar-refractivity contribution in [3.63, 3.8) is 0 Å². The summed E-state index contributed by atoms with van der Waals surface area (Å²) in [4.78, 5) is 8.51. The number of nitrogens with one attached hydrogen (secondary N) is 2. The molecule has 1 aliphatic carbocycles. The number of aromatic nitrogens is 1. The van der Waals surface area contributed by atoms with Crippen LogP contribution in [0.25, 0.3) is 0 Å². The average Bonchev–Trinajstić information content (AvgIpc) is 3.18. The van der Waals surface area contributed by atoms with E-state index in [4.69, 9.17) is 4.74 Å². The lowest BCUT2D eigenvalue weighted by atomic mass is 9.83. The molecule has 31 heavy (non-hydrogen) atoms. The zero-order valence-electron chi connectivity index (χ0n) is 18.3. The van der Waals surface area contributed by atoms with E-state index in [1.54, 1.807) is 6.07 Å². The van der Waals surface area contributed by atoms with Gasteiger partial charge in [0.1, 0.15) is 0 Å². The Morgan fingerprint density at radius 3 is 2.52 bits per heavy atom. The van der Waals surface area contributed by atoms with Crippen LogP contribution in [0.3, 0.4) is 0 Å². The van der Waals surface area contributed by atoms with Crippen LogP contribution in [0.2, 0.25) is 0 Å². The zero-order chi connectivity index (χ0) is 21.9. The van der Waals surface area contributed by atoms with E-state index >= 15 is 0 Å². The number of rotatable bonds is 11. The highest BCUT2D eigenvalue weighted by molar-refractivity contribution is 14.0. The van der Waals surface area contributed by atoms with Gasteiger partial charge >= 0.3 is 6.18 Å². The zero-order valence-corrected chi connectivity index (χ0v) is 20.6. The molecule has 2 N–H and O–H groups in total. The van der Waals surface area contributed by atoms with Crippen molar-refractivity contribution in [3.05, 3.63) is 23.9 Å². The monoisotopic (exact) mass is 558 g/mol. The Bertz CT molecular complexity index is 651. The van der Waals surface area contributed by atoms with Crippen LogP contribution < -0.4 is 15.4 Å². The molecule has 0 atom stereocenters. The number of aliphatic imine (C=N–C) groups is 1. The Balaban J connectivity index is 0.00000480. The first-order valence-corrected chi connectivity index (χ1v) is 10.6. The van der Waals surface area contributed by atoms with Crippen molar-refractivity contribution in [1.82, 2.24) is 15.6 Å². The molecule has 6 nitrogen and oxygen atoms in total. The number of ether oxygens (including phenoxy) is 2. The second-order valence-electron chi connectivity index (χ2n) is 7.61. The van der Waals surface area contributed by atoms with E-state index in [2.05, 4.69) is 25.3 Å². The van der Waals surface area contributed by atoms with Crippen LogP contribution in [0.5, 0.6) is 5.88 Å². The van der Waals surface area contributed by atoms with Crippen LogP contribution in [-0.2, 0) is 11.3 Å². The number of guanidine groups is 1. The Morgan fingerprint density at radius 1 is 1.19 bits per heavy atom. The predicted octanol–water partition coefficient (Wildman–Crippen LogP) is 4.68. The van der Waals surface area contributed by atoms with Gasteiger partial charge in [0, 0.05) is 38.6 Å². The maximum atomic E-state index is 12.2. The minimum Gasteiger partial charge on any atom is -0.468 e. The van der Waals surface area contributed by atoms with E-state index in [0.29, 0.717) is 6.54 Å². The predicted molar refractivity (Wildman–Crippen MR) is 126 cm³/mol. The topological polar surface area (TPSA) is 67.8 Å². The second kappa shape index (κ2) is 14.0. The van der Waals surface area contributed by atoms with Crippen molar-refractivity contribution in [3.8, 4) is 5.88 Å². The molecule has 0 amide bonds. The van der Waals surface area contributed by atoms with Gasteiger partial charge in [-0.1, -0.05) is 18.9 Å². The van der Waals surface area contributed by atoms with E-state index in [-0.39, 0.29) is 35.3 Å².